The Morgan fingerprint density at radius 3 is 2.84 bits per heavy atom. The quantitative estimate of drug-likeness (QED) is 0.260. The number of aryl methyl sites for hydroxylation is 1. The standard InChI is InChI=1S/C18H33N5S.HI/c1-15-7-6-12-23(13-15)11-5-4-9-20-18(19-3)21-10-8-17-14-24-16(2)22-17;/h14-15H,4-13H2,1-3H3,(H2,19,20,21);1H. The topological polar surface area (TPSA) is 52.6 Å². The van der Waals surface area contributed by atoms with Crippen molar-refractivity contribution >= 4 is 41.3 Å². The van der Waals surface area contributed by atoms with Crippen molar-refractivity contribution in [3.8, 4) is 0 Å². The van der Waals surface area contributed by atoms with E-state index in [4.69, 9.17) is 0 Å². The van der Waals surface area contributed by atoms with E-state index in [0.29, 0.717) is 0 Å². The number of nitrogens with one attached hydrogen (secondary N) is 2. The normalized spacial score (nSPS) is 18.7. The smallest absolute Gasteiger partial charge is 0.190 e. The van der Waals surface area contributed by atoms with Gasteiger partial charge in [0.15, 0.2) is 5.96 Å². The van der Waals surface area contributed by atoms with Crippen molar-refractivity contribution < 1.29 is 0 Å². The van der Waals surface area contributed by atoms with E-state index in [1.807, 2.05) is 14.0 Å². The van der Waals surface area contributed by atoms with E-state index >= 15 is 0 Å². The van der Waals surface area contributed by atoms with Crippen LogP contribution in [0.2, 0.25) is 0 Å². The number of piperidine rings is 1. The zero-order valence-electron chi connectivity index (χ0n) is 15.9. The number of thiazole rings is 1. The molecule has 1 aromatic heterocycles. The highest BCUT2D eigenvalue weighted by atomic mass is 127. The molecule has 2 rings (SSSR count). The summed E-state index contributed by atoms with van der Waals surface area (Å²) >= 11 is 1.71. The number of aliphatic imine (C=N–C) groups is 1. The molecule has 0 amide bonds. The highest BCUT2D eigenvalue weighted by Gasteiger charge is 2.15. The molecule has 0 aliphatic carbocycles. The molecule has 0 radical (unpaired) electrons. The molecule has 1 unspecified atom stereocenters. The maximum absolute atomic E-state index is 4.48. The second kappa shape index (κ2) is 12.9. The largest absolute Gasteiger partial charge is 0.356 e. The van der Waals surface area contributed by atoms with Crippen LogP contribution in [0.5, 0.6) is 0 Å². The van der Waals surface area contributed by atoms with Gasteiger partial charge in [-0.1, -0.05) is 6.92 Å². The number of guanidine groups is 1. The number of rotatable bonds is 8. The van der Waals surface area contributed by atoms with Crippen molar-refractivity contribution in [1.82, 2.24) is 20.5 Å². The SMILES string of the molecule is CN=C(NCCCCN1CCCC(C)C1)NCCc1csc(C)n1.I. The molecule has 1 saturated heterocycles. The summed E-state index contributed by atoms with van der Waals surface area (Å²) in [5.74, 6) is 1.77. The van der Waals surface area contributed by atoms with Crippen LogP contribution in [-0.2, 0) is 6.42 Å². The van der Waals surface area contributed by atoms with E-state index in [-0.39, 0.29) is 24.0 Å². The molecule has 5 nitrogen and oxygen atoms in total. The number of hydrogen-bond acceptors (Lipinski definition) is 4. The predicted molar refractivity (Wildman–Crippen MR) is 119 cm³/mol. The molecule has 0 bridgehead atoms. The van der Waals surface area contributed by atoms with Crippen molar-refractivity contribution in [2.75, 3.05) is 39.8 Å². The highest BCUT2D eigenvalue weighted by molar-refractivity contribution is 14.0. The molecule has 1 fully saturated rings. The first-order chi connectivity index (χ1) is 11.7. The Balaban J connectivity index is 0.00000312. The molecule has 1 atom stereocenters. The monoisotopic (exact) mass is 479 g/mol. The Morgan fingerprint density at radius 1 is 1.36 bits per heavy atom. The van der Waals surface area contributed by atoms with E-state index < -0.39 is 0 Å². The van der Waals surface area contributed by atoms with E-state index in [2.05, 4.69) is 37.8 Å². The van der Waals surface area contributed by atoms with Gasteiger partial charge in [-0.3, -0.25) is 4.99 Å². The average molecular weight is 479 g/mol. The van der Waals surface area contributed by atoms with E-state index in [1.165, 1.54) is 45.3 Å². The van der Waals surface area contributed by atoms with Crippen molar-refractivity contribution in [3.63, 3.8) is 0 Å². The third-order valence-corrected chi connectivity index (χ3v) is 5.32. The summed E-state index contributed by atoms with van der Waals surface area (Å²) in [7, 11) is 1.83. The molecule has 25 heavy (non-hydrogen) atoms. The Hall–Kier alpha value is -0.410. The summed E-state index contributed by atoms with van der Waals surface area (Å²) < 4.78 is 0. The fourth-order valence-electron chi connectivity index (χ4n) is 3.21. The highest BCUT2D eigenvalue weighted by Crippen LogP contribution is 2.15. The first-order valence-corrected chi connectivity index (χ1v) is 10.1. The van der Waals surface area contributed by atoms with Gasteiger partial charge in [0.2, 0.25) is 0 Å². The van der Waals surface area contributed by atoms with E-state index in [0.717, 1.165) is 42.1 Å². The van der Waals surface area contributed by atoms with Crippen LogP contribution in [-0.4, -0.2) is 55.6 Å². The fourth-order valence-corrected chi connectivity index (χ4v) is 3.86. The van der Waals surface area contributed by atoms with Gasteiger partial charge in [-0.25, -0.2) is 4.98 Å². The van der Waals surface area contributed by atoms with E-state index in [9.17, 15) is 0 Å². The first kappa shape index (κ1) is 22.6. The van der Waals surface area contributed by atoms with Crippen molar-refractivity contribution in [1.29, 1.82) is 0 Å². The van der Waals surface area contributed by atoms with Crippen LogP contribution in [0.25, 0.3) is 0 Å². The number of nitrogens with zero attached hydrogens (tertiary/aromatic N) is 3. The molecule has 1 aliphatic rings. The van der Waals surface area contributed by atoms with Crippen LogP contribution < -0.4 is 10.6 Å². The lowest BCUT2D eigenvalue weighted by atomic mass is 10.0. The first-order valence-electron chi connectivity index (χ1n) is 9.25. The Kier molecular flexibility index (Phi) is 11.6. The molecule has 7 heteroatoms. The van der Waals surface area contributed by atoms with Gasteiger partial charge in [-0.15, -0.1) is 35.3 Å². The molecular formula is C18H34IN5S. The lowest BCUT2D eigenvalue weighted by Gasteiger charge is -2.30. The summed E-state index contributed by atoms with van der Waals surface area (Å²) in [5, 5.41) is 10.0. The van der Waals surface area contributed by atoms with Crippen molar-refractivity contribution in [2.24, 2.45) is 10.9 Å². The maximum atomic E-state index is 4.48. The molecule has 0 aromatic carbocycles. The van der Waals surface area contributed by atoms with Crippen LogP contribution >= 0.6 is 35.3 Å². The van der Waals surface area contributed by atoms with Gasteiger partial charge in [0, 0.05) is 38.5 Å². The second-order valence-corrected chi connectivity index (χ2v) is 7.85. The zero-order valence-corrected chi connectivity index (χ0v) is 19.0. The number of halogens is 1. The minimum absolute atomic E-state index is 0. The number of likely N-dealkylation sites (tertiary alicyclic amines) is 1. The fraction of sp³-hybridized carbons (Fsp3) is 0.778. The van der Waals surface area contributed by atoms with Gasteiger partial charge in [-0.05, 0) is 51.6 Å². The third kappa shape index (κ3) is 9.19. The lowest BCUT2D eigenvalue weighted by Crippen LogP contribution is -2.39. The van der Waals surface area contributed by atoms with Gasteiger partial charge >= 0.3 is 0 Å². The second-order valence-electron chi connectivity index (χ2n) is 6.79. The maximum Gasteiger partial charge on any atom is 0.190 e. The molecular weight excluding hydrogens is 445 g/mol. The van der Waals surface area contributed by atoms with Crippen LogP contribution in [0.1, 0.15) is 43.3 Å². The Bertz CT molecular complexity index is 505. The average Bonchev–Trinajstić information content (AvgIpc) is 2.98. The summed E-state index contributed by atoms with van der Waals surface area (Å²) in [4.78, 5) is 11.4. The molecule has 0 spiro atoms. The molecule has 2 heterocycles. The van der Waals surface area contributed by atoms with Gasteiger partial charge in [0.25, 0.3) is 0 Å². The van der Waals surface area contributed by atoms with Gasteiger partial charge in [-0.2, -0.15) is 0 Å². The number of hydrogen-bond donors (Lipinski definition) is 2. The molecule has 1 aliphatic heterocycles. The van der Waals surface area contributed by atoms with Crippen molar-refractivity contribution in [3.05, 3.63) is 16.1 Å². The molecule has 144 valence electrons. The summed E-state index contributed by atoms with van der Waals surface area (Å²) in [5.41, 5.74) is 1.16. The van der Waals surface area contributed by atoms with Crippen LogP contribution in [0, 0.1) is 12.8 Å². The van der Waals surface area contributed by atoms with Gasteiger partial charge in [0.1, 0.15) is 0 Å². The molecule has 0 saturated carbocycles. The summed E-state index contributed by atoms with van der Waals surface area (Å²) in [6, 6.07) is 0. The third-order valence-electron chi connectivity index (χ3n) is 4.50. The van der Waals surface area contributed by atoms with Crippen LogP contribution in [0.3, 0.4) is 0 Å². The van der Waals surface area contributed by atoms with E-state index in [1.54, 1.807) is 11.3 Å². The van der Waals surface area contributed by atoms with Gasteiger partial charge in [0.05, 0.1) is 10.7 Å². The summed E-state index contributed by atoms with van der Waals surface area (Å²) in [6.07, 6.45) is 6.17. The van der Waals surface area contributed by atoms with Crippen molar-refractivity contribution in [2.45, 2.75) is 46.0 Å². The lowest BCUT2D eigenvalue weighted by molar-refractivity contribution is 0.181. The summed E-state index contributed by atoms with van der Waals surface area (Å²) in [6.45, 7) is 10.1. The van der Waals surface area contributed by atoms with Crippen LogP contribution in [0.4, 0.5) is 0 Å². The minimum Gasteiger partial charge on any atom is -0.356 e. The predicted octanol–water partition coefficient (Wildman–Crippen LogP) is 3.29. The number of unbranched alkanes of at least 4 members (excludes halogenated alkanes) is 1. The Morgan fingerprint density at radius 2 is 2.16 bits per heavy atom. The Labute approximate surface area is 174 Å². The molecule has 2 N–H and O–H groups in total. The number of aromatic nitrogens is 1. The zero-order chi connectivity index (χ0) is 17.2. The van der Waals surface area contributed by atoms with Gasteiger partial charge < -0.3 is 15.5 Å². The molecule has 1 aromatic rings. The minimum atomic E-state index is 0. The van der Waals surface area contributed by atoms with Crippen LogP contribution in [0.15, 0.2) is 10.4 Å².